The van der Waals surface area contributed by atoms with E-state index in [1.807, 2.05) is 6.92 Å². The van der Waals surface area contributed by atoms with Crippen LogP contribution in [0, 0.1) is 0 Å². The molecule has 0 aromatic carbocycles. The van der Waals surface area contributed by atoms with Crippen molar-refractivity contribution < 1.29 is 4.79 Å². The first-order valence-electron chi connectivity index (χ1n) is 5.34. The number of hydrogen-bond acceptors (Lipinski definition) is 3. The lowest BCUT2D eigenvalue weighted by Gasteiger charge is -2.07. The van der Waals surface area contributed by atoms with Crippen molar-refractivity contribution in [3.05, 3.63) is 16.0 Å². The molecule has 4 heteroatoms. The number of rotatable bonds is 2. The monoisotopic (exact) mass is 224 g/mol. The summed E-state index contributed by atoms with van der Waals surface area (Å²) in [6.45, 7) is 4.74. The molecule has 3 nitrogen and oxygen atoms in total. The molecule has 0 fully saturated rings. The second-order valence-corrected chi connectivity index (χ2v) is 5.11. The largest absolute Gasteiger partial charge is 0.390 e. The average molecular weight is 224 g/mol. The molecule has 0 saturated carbocycles. The molecule has 1 unspecified atom stereocenters. The van der Waals surface area contributed by atoms with Gasteiger partial charge in [-0.15, -0.1) is 11.3 Å². The highest BCUT2D eigenvalue weighted by molar-refractivity contribution is 7.16. The lowest BCUT2D eigenvalue weighted by atomic mass is 10.0. The molecule has 15 heavy (non-hydrogen) atoms. The van der Waals surface area contributed by atoms with E-state index in [9.17, 15) is 4.79 Å². The lowest BCUT2D eigenvalue weighted by Crippen LogP contribution is -2.24. The number of thiophene rings is 1. The summed E-state index contributed by atoms with van der Waals surface area (Å²) in [5.74, 6) is 0.465. The SMILES string of the molecule is CCNC(=O)c1c(N)sc2c1C(C)CC2. The Morgan fingerprint density at radius 2 is 2.40 bits per heavy atom. The number of nitrogens with two attached hydrogens (primary N) is 1. The fourth-order valence-corrected chi connectivity index (χ4v) is 3.40. The highest BCUT2D eigenvalue weighted by atomic mass is 32.1. The molecule has 0 saturated heterocycles. The van der Waals surface area contributed by atoms with E-state index in [1.165, 1.54) is 10.4 Å². The molecule has 1 amide bonds. The maximum atomic E-state index is 11.8. The van der Waals surface area contributed by atoms with Gasteiger partial charge in [-0.05, 0) is 31.2 Å². The Labute approximate surface area is 93.7 Å². The summed E-state index contributed by atoms with van der Waals surface area (Å²) in [5, 5.41) is 3.51. The van der Waals surface area contributed by atoms with Gasteiger partial charge in [-0.2, -0.15) is 0 Å². The summed E-state index contributed by atoms with van der Waals surface area (Å²) >= 11 is 1.58. The Morgan fingerprint density at radius 3 is 3.07 bits per heavy atom. The minimum absolute atomic E-state index is 0.0127. The Hall–Kier alpha value is -1.03. The molecule has 1 atom stereocenters. The summed E-state index contributed by atoms with van der Waals surface area (Å²) < 4.78 is 0. The van der Waals surface area contributed by atoms with Crippen LogP contribution in [0.2, 0.25) is 0 Å². The number of fused-ring (bicyclic) bond motifs is 1. The summed E-state index contributed by atoms with van der Waals surface area (Å²) in [4.78, 5) is 13.2. The topological polar surface area (TPSA) is 55.1 Å². The van der Waals surface area contributed by atoms with E-state index in [0.717, 1.165) is 18.4 Å². The van der Waals surface area contributed by atoms with Gasteiger partial charge in [0.1, 0.15) is 0 Å². The van der Waals surface area contributed by atoms with Crippen LogP contribution in [-0.4, -0.2) is 12.5 Å². The predicted molar refractivity (Wildman–Crippen MR) is 63.5 cm³/mol. The average Bonchev–Trinajstić information content (AvgIpc) is 2.67. The van der Waals surface area contributed by atoms with Gasteiger partial charge in [-0.25, -0.2) is 0 Å². The Morgan fingerprint density at radius 1 is 1.67 bits per heavy atom. The van der Waals surface area contributed by atoms with Gasteiger partial charge in [0.15, 0.2) is 0 Å². The van der Waals surface area contributed by atoms with Gasteiger partial charge in [0.2, 0.25) is 0 Å². The van der Waals surface area contributed by atoms with E-state index in [-0.39, 0.29) is 5.91 Å². The first-order valence-corrected chi connectivity index (χ1v) is 6.16. The number of nitrogens with one attached hydrogen (secondary N) is 1. The van der Waals surface area contributed by atoms with Crippen LogP contribution in [0.25, 0.3) is 0 Å². The van der Waals surface area contributed by atoms with Crippen molar-refractivity contribution in [2.24, 2.45) is 0 Å². The second kappa shape index (κ2) is 3.85. The molecule has 1 aliphatic carbocycles. The van der Waals surface area contributed by atoms with Gasteiger partial charge < -0.3 is 11.1 Å². The van der Waals surface area contributed by atoms with Crippen molar-refractivity contribution in [2.75, 3.05) is 12.3 Å². The standard InChI is InChI=1S/C11H16N2OS/c1-3-13-11(14)9-8-6(2)4-5-7(8)15-10(9)12/h6H,3-5,12H2,1-2H3,(H,13,14). The van der Waals surface area contributed by atoms with Crippen LogP contribution >= 0.6 is 11.3 Å². The van der Waals surface area contributed by atoms with Crippen LogP contribution in [0.4, 0.5) is 5.00 Å². The van der Waals surface area contributed by atoms with Gasteiger partial charge >= 0.3 is 0 Å². The third-order valence-corrected chi connectivity index (χ3v) is 4.01. The quantitative estimate of drug-likeness (QED) is 0.808. The Kier molecular flexibility index (Phi) is 2.69. The van der Waals surface area contributed by atoms with Gasteiger partial charge in [0.05, 0.1) is 10.6 Å². The minimum Gasteiger partial charge on any atom is -0.390 e. The summed E-state index contributed by atoms with van der Waals surface area (Å²) in [6, 6.07) is 0. The van der Waals surface area contributed by atoms with Crippen LogP contribution in [0.15, 0.2) is 0 Å². The molecule has 1 aromatic heterocycles. The maximum absolute atomic E-state index is 11.8. The van der Waals surface area contributed by atoms with Crippen LogP contribution in [-0.2, 0) is 6.42 Å². The molecule has 3 N–H and O–H groups in total. The van der Waals surface area contributed by atoms with E-state index in [0.29, 0.717) is 17.5 Å². The van der Waals surface area contributed by atoms with Crippen molar-refractivity contribution in [2.45, 2.75) is 32.6 Å². The van der Waals surface area contributed by atoms with Crippen molar-refractivity contribution in [1.82, 2.24) is 5.32 Å². The Balaban J connectivity index is 2.42. The predicted octanol–water partition coefficient (Wildman–Crippen LogP) is 2.13. The molecule has 82 valence electrons. The lowest BCUT2D eigenvalue weighted by molar-refractivity contribution is 0.0956. The van der Waals surface area contributed by atoms with Crippen molar-refractivity contribution in [1.29, 1.82) is 0 Å². The van der Waals surface area contributed by atoms with Gasteiger partial charge in [-0.1, -0.05) is 6.92 Å². The fourth-order valence-electron chi connectivity index (χ4n) is 2.19. The summed E-state index contributed by atoms with van der Waals surface area (Å²) in [7, 11) is 0. The molecule has 0 bridgehead atoms. The number of aryl methyl sites for hydroxylation is 1. The zero-order valence-corrected chi connectivity index (χ0v) is 9.91. The summed E-state index contributed by atoms with van der Waals surface area (Å²) in [6.07, 6.45) is 2.22. The van der Waals surface area contributed by atoms with Crippen LogP contribution < -0.4 is 11.1 Å². The molecular weight excluding hydrogens is 208 g/mol. The van der Waals surface area contributed by atoms with Crippen LogP contribution in [0.1, 0.15) is 47.0 Å². The first-order chi connectivity index (χ1) is 7.15. The van der Waals surface area contributed by atoms with E-state index >= 15 is 0 Å². The zero-order chi connectivity index (χ0) is 11.0. The van der Waals surface area contributed by atoms with Crippen molar-refractivity contribution >= 4 is 22.2 Å². The number of amides is 1. The molecule has 1 heterocycles. The van der Waals surface area contributed by atoms with E-state index in [2.05, 4.69) is 12.2 Å². The molecular formula is C11H16N2OS. The number of hydrogen-bond donors (Lipinski definition) is 2. The Bertz CT molecular complexity index is 398. The normalized spacial score (nSPS) is 18.9. The second-order valence-electron chi connectivity index (χ2n) is 3.98. The highest BCUT2D eigenvalue weighted by Crippen LogP contribution is 2.43. The van der Waals surface area contributed by atoms with Crippen molar-refractivity contribution in [3.8, 4) is 0 Å². The summed E-state index contributed by atoms with van der Waals surface area (Å²) in [5.41, 5.74) is 7.84. The van der Waals surface area contributed by atoms with Gasteiger partial charge in [-0.3, -0.25) is 4.79 Å². The molecule has 0 radical (unpaired) electrons. The molecule has 1 aromatic rings. The third kappa shape index (κ3) is 1.63. The maximum Gasteiger partial charge on any atom is 0.254 e. The third-order valence-electron chi connectivity index (χ3n) is 2.91. The molecule has 2 rings (SSSR count). The molecule has 0 aliphatic heterocycles. The fraction of sp³-hybridized carbons (Fsp3) is 0.545. The zero-order valence-electron chi connectivity index (χ0n) is 9.09. The first kappa shape index (κ1) is 10.5. The molecule has 0 spiro atoms. The number of carbonyl (C=O) groups excluding carboxylic acids is 1. The number of nitrogen functional groups attached to an aromatic ring is 1. The molecule has 1 aliphatic rings. The van der Waals surface area contributed by atoms with E-state index in [4.69, 9.17) is 5.73 Å². The van der Waals surface area contributed by atoms with Gasteiger partial charge in [0.25, 0.3) is 5.91 Å². The smallest absolute Gasteiger partial charge is 0.254 e. The number of carbonyl (C=O) groups is 1. The van der Waals surface area contributed by atoms with E-state index in [1.54, 1.807) is 11.3 Å². The van der Waals surface area contributed by atoms with Crippen molar-refractivity contribution in [3.63, 3.8) is 0 Å². The minimum atomic E-state index is -0.0127. The van der Waals surface area contributed by atoms with Crippen LogP contribution in [0.5, 0.6) is 0 Å². The van der Waals surface area contributed by atoms with Gasteiger partial charge in [0, 0.05) is 11.4 Å². The highest BCUT2D eigenvalue weighted by Gasteiger charge is 2.29. The van der Waals surface area contributed by atoms with E-state index < -0.39 is 0 Å². The number of anilines is 1. The van der Waals surface area contributed by atoms with Crippen LogP contribution in [0.3, 0.4) is 0 Å².